The lowest BCUT2D eigenvalue weighted by Gasteiger charge is -2.16. The standard InChI is InChI=1S/C9H10BrF2NO2S/c10-6-8(7-4-2-1-3-5-7)13-16(14,15)9(11)12/h1-5,8-9,13H,6H2. The van der Waals surface area contributed by atoms with Crippen molar-refractivity contribution in [3.05, 3.63) is 35.9 Å². The second kappa shape index (κ2) is 5.70. The molecule has 1 atom stereocenters. The van der Waals surface area contributed by atoms with E-state index in [1.807, 2.05) is 4.72 Å². The Hall–Kier alpha value is -0.530. The van der Waals surface area contributed by atoms with Crippen molar-refractivity contribution in [3.63, 3.8) is 0 Å². The van der Waals surface area contributed by atoms with Crippen LogP contribution in [0.4, 0.5) is 8.78 Å². The summed E-state index contributed by atoms with van der Waals surface area (Å²) in [4.78, 5) is 0. The molecule has 0 fully saturated rings. The summed E-state index contributed by atoms with van der Waals surface area (Å²) in [7, 11) is -4.57. The van der Waals surface area contributed by atoms with Gasteiger partial charge in [0.1, 0.15) is 0 Å². The Kier molecular flexibility index (Phi) is 4.82. The molecular weight excluding hydrogens is 304 g/mol. The normalized spacial score (nSPS) is 14.0. The quantitative estimate of drug-likeness (QED) is 0.848. The zero-order chi connectivity index (χ0) is 12.2. The molecule has 0 radical (unpaired) electrons. The van der Waals surface area contributed by atoms with Gasteiger partial charge in [0.2, 0.25) is 0 Å². The Balaban J connectivity index is 2.86. The minimum absolute atomic E-state index is 0.225. The molecule has 7 heteroatoms. The van der Waals surface area contributed by atoms with Crippen LogP contribution in [0.25, 0.3) is 0 Å². The lowest BCUT2D eigenvalue weighted by Crippen LogP contribution is -2.33. The molecule has 0 saturated carbocycles. The van der Waals surface area contributed by atoms with E-state index in [0.29, 0.717) is 5.56 Å². The number of halogens is 3. The van der Waals surface area contributed by atoms with E-state index in [-0.39, 0.29) is 5.33 Å². The largest absolute Gasteiger partial charge is 0.350 e. The molecule has 0 aromatic heterocycles. The molecule has 1 N–H and O–H groups in total. The van der Waals surface area contributed by atoms with E-state index in [0.717, 1.165) is 0 Å². The van der Waals surface area contributed by atoms with Crippen LogP contribution in [0, 0.1) is 0 Å². The maximum absolute atomic E-state index is 12.2. The van der Waals surface area contributed by atoms with Crippen LogP contribution in [0.15, 0.2) is 30.3 Å². The third kappa shape index (κ3) is 3.50. The van der Waals surface area contributed by atoms with Crippen molar-refractivity contribution in [2.75, 3.05) is 5.33 Å². The molecule has 0 aliphatic rings. The molecule has 1 rings (SSSR count). The summed E-state index contributed by atoms with van der Waals surface area (Å²) in [6.07, 6.45) is 0. The van der Waals surface area contributed by atoms with Crippen LogP contribution in [-0.2, 0) is 10.0 Å². The van der Waals surface area contributed by atoms with Crippen LogP contribution in [0.1, 0.15) is 11.6 Å². The summed E-state index contributed by atoms with van der Waals surface area (Å²) in [6.45, 7) is 0. The van der Waals surface area contributed by atoms with Gasteiger partial charge in [-0.1, -0.05) is 46.3 Å². The first-order valence-electron chi connectivity index (χ1n) is 4.37. The SMILES string of the molecule is O=S(=O)(NC(CBr)c1ccccc1)C(F)F. The third-order valence-corrected chi connectivity index (χ3v) is 3.63. The fourth-order valence-corrected chi connectivity index (χ4v) is 2.59. The van der Waals surface area contributed by atoms with E-state index in [1.165, 1.54) is 0 Å². The molecule has 0 aliphatic carbocycles. The molecule has 0 heterocycles. The molecule has 90 valence electrons. The van der Waals surface area contributed by atoms with Gasteiger partial charge in [0.25, 0.3) is 10.0 Å². The first-order valence-corrected chi connectivity index (χ1v) is 7.04. The Labute approximate surface area is 101 Å². The molecule has 0 aliphatic heterocycles. The van der Waals surface area contributed by atoms with Crippen LogP contribution in [-0.4, -0.2) is 19.5 Å². The Morgan fingerprint density at radius 1 is 1.25 bits per heavy atom. The first kappa shape index (κ1) is 13.5. The maximum Gasteiger partial charge on any atom is 0.350 e. The second-order valence-electron chi connectivity index (χ2n) is 3.04. The monoisotopic (exact) mass is 313 g/mol. The summed E-state index contributed by atoms with van der Waals surface area (Å²) < 4.78 is 48.2. The topological polar surface area (TPSA) is 46.2 Å². The maximum atomic E-state index is 12.2. The van der Waals surface area contributed by atoms with Gasteiger partial charge in [-0.05, 0) is 5.56 Å². The molecule has 1 unspecified atom stereocenters. The Morgan fingerprint density at radius 2 is 1.81 bits per heavy atom. The summed E-state index contributed by atoms with van der Waals surface area (Å²) in [6, 6.07) is 7.82. The molecule has 1 aromatic rings. The highest BCUT2D eigenvalue weighted by Gasteiger charge is 2.27. The van der Waals surface area contributed by atoms with Gasteiger partial charge in [-0.2, -0.15) is 8.78 Å². The van der Waals surface area contributed by atoms with Crippen molar-refractivity contribution in [1.29, 1.82) is 0 Å². The number of hydrogen-bond acceptors (Lipinski definition) is 2. The minimum atomic E-state index is -4.57. The number of hydrogen-bond donors (Lipinski definition) is 1. The van der Waals surface area contributed by atoms with E-state index in [4.69, 9.17) is 0 Å². The van der Waals surface area contributed by atoms with Gasteiger partial charge in [-0.15, -0.1) is 0 Å². The van der Waals surface area contributed by atoms with Gasteiger partial charge in [0.05, 0.1) is 6.04 Å². The van der Waals surface area contributed by atoms with Crippen molar-refractivity contribution in [2.45, 2.75) is 11.8 Å². The number of nitrogens with one attached hydrogen (secondary N) is 1. The third-order valence-electron chi connectivity index (χ3n) is 1.90. The van der Waals surface area contributed by atoms with Crippen molar-refractivity contribution >= 4 is 26.0 Å². The number of rotatable bonds is 5. The van der Waals surface area contributed by atoms with Crippen LogP contribution in [0.3, 0.4) is 0 Å². The van der Waals surface area contributed by atoms with Crippen LogP contribution in [0.2, 0.25) is 0 Å². The summed E-state index contributed by atoms with van der Waals surface area (Å²) in [5.41, 5.74) is 0.628. The molecule has 1 aromatic carbocycles. The highest BCUT2D eigenvalue weighted by Crippen LogP contribution is 2.17. The number of benzene rings is 1. The van der Waals surface area contributed by atoms with Crippen molar-refractivity contribution in [3.8, 4) is 0 Å². The molecule has 0 spiro atoms. The van der Waals surface area contributed by atoms with Crippen molar-refractivity contribution in [1.82, 2.24) is 4.72 Å². The van der Waals surface area contributed by atoms with Crippen LogP contribution >= 0.6 is 15.9 Å². The molecule has 16 heavy (non-hydrogen) atoms. The van der Waals surface area contributed by atoms with E-state index in [1.54, 1.807) is 30.3 Å². The summed E-state index contributed by atoms with van der Waals surface area (Å²) in [5, 5.41) is 0.225. The van der Waals surface area contributed by atoms with Crippen molar-refractivity contribution < 1.29 is 17.2 Å². The second-order valence-corrected chi connectivity index (χ2v) is 5.37. The van der Waals surface area contributed by atoms with Crippen molar-refractivity contribution in [2.24, 2.45) is 0 Å². The van der Waals surface area contributed by atoms with Gasteiger partial charge in [0, 0.05) is 5.33 Å². The fourth-order valence-electron chi connectivity index (χ4n) is 1.12. The number of alkyl halides is 3. The van der Waals surface area contributed by atoms with Crippen LogP contribution in [0.5, 0.6) is 0 Å². The molecular formula is C9H10BrF2NO2S. The molecule has 0 amide bonds. The van der Waals surface area contributed by atoms with Crippen LogP contribution < -0.4 is 4.72 Å². The molecule has 0 saturated heterocycles. The zero-order valence-corrected chi connectivity index (χ0v) is 10.5. The smallest absolute Gasteiger partial charge is 0.206 e. The Morgan fingerprint density at radius 3 is 2.25 bits per heavy atom. The summed E-state index contributed by atoms with van der Waals surface area (Å²) >= 11 is 3.08. The minimum Gasteiger partial charge on any atom is -0.206 e. The Bertz CT molecular complexity index is 424. The fraction of sp³-hybridized carbons (Fsp3) is 0.333. The van der Waals surface area contributed by atoms with E-state index >= 15 is 0 Å². The van der Waals surface area contributed by atoms with E-state index in [9.17, 15) is 17.2 Å². The highest BCUT2D eigenvalue weighted by molar-refractivity contribution is 9.09. The molecule has 3 nitrogen and oxygen atoms in total. The lowest BCUT2D eigenvalue weighted by atomic mass is 10.1. The summed E-state index contributed by atoms with van der Waals surface area (Å²) in [5.74, 6) is -3.42. The van der Waals surface area contributed by atoms with Gasteiger partial charge in [-0.3, -0.25) is 0 Å². The predicted octanol–water partition coefficient (Wildman–Crippen LogP) is 2.26. The average molecular weight is 314 g/mol. The van der Waals surface area contributed by atoms with E-state index < -0.39 is 21.8 Å². The van der Waals surface area contributed by atoms with Gasteiger partial charge in [0.15, 0.2) is 0 Å². The lowest BCUT2D eigenvalue weighted by molar-refractivity contribution is 0.231. The zero-order valence-electron chi connectivity index (χ0n) is 8.11. The first-order chi connectivity index (χ1) is 7.47. The number of sulfonamides is 1. The van der Waals surface area contributed by atoms with Gasteiger partial charge >= 0.3 is 5.76 Å². The predicted molar refractivity (Wildman–Crippen MR) is 61.0 cm³/mol. The van der Waals surface area contributed by atoms with E-state index in [2.05, 4.69) is 15.9 Å². The van der Waals surface area contributed by atoms with Gasteiger partial charge < -0.3 is 0 Å². The van der Waals surface area contributed by atoms with Gasteiger partial charge in [-0.25, -0.2) is 13.1 Å². The molecule has 0 bridgehead atoms. The average Bonchev–Trinajstić information content (AvgIpc) is 2.27. The highest BCUT2D eigenvalue weighted by atomic mass is 79.9.